The molecule has 0 atom stereocenters. The van der Waals surface area contributed by atoms with Gasteiger partial charge in [-0.2, -0.15) is 0 Å². The van der Waals surface area contributed by atoms with E-state index in [1.165, 1.54) is 22.2 Å². The first-order valence-electron chi connectivity index (χ1n) is 7.16. The van der Waals surface area contributed by atoms with Gasteiger partial charge in [-0.3, -0.25) is 14.5 Å². The summed E-state index contributed by atoms with van der Waals surface area (Å²) >= 11 is 2.46. The Morgan fingerprint density at radius 1 is 1.17 bits per heavy atom. The van der Waals surface area contributed by atoms with Gasteiger partial charge in [-0.15, -0.1) is 0 Å². The first-order chi connectivity index (χ1) is 11.1. The van der Waals surface area contributed by atoms with Crippen molar-refractivity contribution in [2.75, 3.05) is 6.54 Å². The van der Waals surface area contributed by atoms with E-state index in [1.54, 1.807) is 19.1 Å². The van der Waals surface area contributed by atoms with Gasteiger partial charge in [0.15, 0.2) is 5.09 Å². The number of carbonyl (C=O) groups is 2. The molecule has 1 saturated heterocycles. The molecule has 1 aliphatic heterocycles. The molecule has 0 saturated carbocycles. The molecular formula is C17H15NO3S2. The van der Waals surface area contributed by atoms with Gasteiger partial charge in [-0.1, -0.05) is 29.5 Å². The van der Waals surface area contributed by atoms with Crippen LogP contribution in [0.25, 0.3) is 6.08 Å². The molecule has 0 spiro atoms. The summed E-state index contributed by atoms with van der Waals surface area (Å²) in [4.78, 5) is 26.4. The number of nitrogens with zero attached hydrogens (tertiary/aromatic N) is 1. The van der Waals surface area contributed by atoms with Gasteiger partial charge in [0.2, 0.25) is 0 Å². The number of amides is 2. The number of aryl methyl sites for hydroxylation is 1. The minimum Gasteiger partial charge on any atom is -0.450 e. The van der Waals surface area contributed by atoms with Crippen LogP contribution < -0.4 is 0 Å². The Morgan fingerprint density at radius 2 is 1.91 bits per heavy atom. The Labute approximate surface area is 142 Å². The largest absolute Gasteiger partial charge is 0.450 e. The molecule has 1 aliphatic rings. The highest BCUT2D eigenvalue weighted by Crippen LogP contribution is 2.34. The van der Waals surface area contributed by atoms with Gasteiger partial charge >= 0.3 is 0 Å². The van der Waals surface area contributed by atoms with Crippen LogP contribution in [0.3, 0.4) is 0 Å². The summed E-state index contributed by atoms with van der Waals surface area (Å²) < 4.78 is 5.72. The monoisotopic (exact) mass is 345 g/mol. The Hall–Kier alpha value is -1.92. The molecular weight excluding hydrogens is 330 g/mol. The minimum atomic E-state index is -0.258. The molecule has 1 fully saturated rings. The molecule has 0 radical (unpaired) electrons. The molecule has 0 N–H and O–H groups in total. The van der Waals surface area contributed by atoms with Crippen LogP contribution in [-0.2, 0) is 4.79 Å². The van der Waals surface area contributed by atoms with Crippen molar-refractivity contribution in [3.63, 3.8) is 0 Å². The number of hydrogen-bond donors (Lipinski definition) is 0. The molecule has 118 valence electrons. The summed E-state index contributed by atoms with van der Waals surface area (Å²) in [6.07, 6.45) is 1.62. The van der Waals surface area contributed by atoms with Crippen LogP contribution >= 0.6 is 23.5 Å². The van der Waals surface area contributed by atoms with Crippen molar-refractivity contribution in [3.05, 3.63) is 52.6 Å². The molecule has 0 aliphatic carbocycles. The van der Waals surface area contributed by atoms with Crippen LogP contribution in [0.1, 0.15) is 18.2 Å². The average molecular weight is 345 g/mol. The first-order valence-corrected chi connectivity index (χ1v) is 8.80. The van der Waals surface area contributed by atoms with Crippen molar-refractivity contribution in [1.82, 2.24) is 4.90 Å². The molecule has 0 unspecified atom stereocenters. The second-order valence-corrected chi connectivity index (χ2v) is 7.07. The van der Waals surface area contributed by atoms with Crippen molar-refractivity contribution in [2.24, 2.45) is 0 Å². The number of rotatable bonds is 4. The zero-order valence-electron chi connectivity index (χ0n) is 12.7. The summed E-state index contributed by atoms with van der Waals surface area (Å²) in [5, 5.41) is 0.513. The maximum absolute atomic E-state index is 12.1. The van der Waals surface area contributed by atoms with E-state index < -0.39 is 0 Å². The number of hydrogen-bond acceptors (Lipinski definition) is 5. The fraction of sp³-hybridized carbons (Fsp3) is 0.176. The molecule has 1 aromatic heterocycles. The van der Waals surface area contributed by atoms with Crippen molar-refractivity contribution in [2.45, 2.75) is 23.8 Å². The van der Waals surface area contributed by atoms with Crippen LogP contribution in [0.4, 0.5) is 4.79 Å². The molecule has 23 heavy (non-hydrogen) atoms. The molecule has 2 heterocycles. The van der Waals surface area contributed by atoms with Crippen LogP contribution in [0.15, 0.2) is 55.7 Å². The van der Waals surface area contributed by atoms with Gasteiger partial charge in [-0.25, -0.2) is 0 Å². The maximum Gasteiger partial charge on any atom is 0.293 e. The summed E-state index contributed by atoms with van der Waals surface area (Å²) in [6, 6.07) is 11.8. The number of imide groups is 1. The maximum atomic E-state index is 12.1. The normalized spacial score (nSPS) is 16.6. The molecule has 0 bridgehead atoms. The summed E-state index contributed by atoms with van der Waals surface area (Å²) in [6.45, 7) is 4.21. The highest BCUT2D eigenvalue weighted by molar-refractivity contribution is 8.18. The lowest BCUT2D eigenvalue weighted by molar-refractivity contribution is -0.122. The van der Waals surface area contributed by atoms with Crippen LogP contribution in [0.2, 0.25) is 0 Å². The molecule has 1 aromatic carbocycles. The van der Waals surface area contributed by atoms with Gasteiger partial charge in [0.1, 0.15) is 5.76 Å². The first kappa shape index (κ1) is 16.0. The highest BCUT2D eigenvalue weighted by atomic mass is 32.2. The van der Waals surface area contributed by atoms with Gasteiger partial charge in [0.05, 0.1) is 4.91 Å². The van der Waals surface area contributed by atoms with E-state index in [0.717, 1.165) is 21.7 Å². The summed E-state index contributed by atoms with van der Waals surface area (Å²) in [7, 11) is 0. The zero-order valence-corrected chi connectivity index (χ0v) is 14.4. The van der Waals surface area contributed by atoms with Crippen LogP contribution in [0.5, 0.6) is 0 Å². The second-order valence-electron chi connectivity index (χ2n) is 5.00. The third-order valence-electron chi connectivity index (χ3n) is 3.30. The van der Waals surface area contributed by atoms with Crippen molar-refractivity contribution >= 4 is 40.7 Å². The zero-order chi connectivity index (χ0) is 16.4. The molecule has 4 nitrogen and oxygen atoms in total. The minimum absolute atomic E-state index is 0.232. The Bertz CT molecular complexity index is 777. The van der Waals surface area contributed by atoms with E-state index in [0.29, 0.717) is 17.2 Å². The van der Waals surface area contributed by atoms with Crippen molar-refractivity contribution in [3.8, 4) is 0 Å². The number of thioether (sulfide) groups is 1. The quantitative estimate of drug-likeness (QED) is 0.745. The smallest absolute Gasteiger partial charge is 0.293 e. The number of benzene rings is 1. The number of carbonyl (C=O) groups excluding carboxylic acids is 2. The SMILES string of the molecule is CCN1C(=O)S/C(=C/c2ccc(Sc3ccc(C)cc3)o2)C1=O. The molecule has 2 aromatic rings. The Morgan fingerprint density at radius 3 is 2.57 bits per heavy atom. The number of furan rings is 1. The molecule has 2 amide bonds. The van der Waals surface area contributed by atoms with E-state index in [9.17, 15) is 9.59 Å². The predicted octanol–water partition coefficient (Wildman–Crippen LogP) is 4.80. The number of likely N-dealkylation sites (N-methyl/N-ethyl adjacent to an activating group) is 1. The summed E-state index contributed by atoms with van der Waals surface area (Å²) in [5.41, 5.74) is 1.21. The third-order valence-corrected chi connectivity index (χ3v) is 5.14. The van der Waals surface area contributed by atoms with Gasteiger partial charge in [0, 0.05) is 17.5 Å². The predicted molar refractivity (Wildman–Crippen MR) is 92.4 cm³/mol. The van der Waals surface area contributed by atoms with E-state index >= 15 is 0 Å². The average Bonchev–Trinajstić information content (AvgIpc) is 3.07. The lowest BCUT2D eigenvalue weighted by atomic mass is 10.2. The van der Waals surface area contributed by atoms with E-state index in [2.05, 4.69) is 0 Å². The Kier molecular flexibility index (Phi) is 4.63. The van der Waals surface area contributed by atoms with Gasteiger partial charge < -0.3 is 4.42 Å². The van der Waals surface area contributed by atoms with Crippen LogP contribution in [-0.4, -0.2) is 22.6 Å². The van der Waals surface area contributed by atoms with Gasteiger partial charge in [-0.05, 0) is 49.9 Å². The van der Waals surface area contributed by atoms with E-state index in [1.807, 2.05) is 37.3 Å². The van der Waals surface area contributed by atoms with Crippen molar-refractivity contribution in [1.29, 1.82) is 0 Å². The lowest BCUT2D eigenvalue weighted by Crippen LogP contribution is -2.27. The van der Waals surface area contributed by atoms with Crippen molar-refractivity contribution < 1.29 is 14.0 Å². The van der Waals surface area contributed by atoms with Gasteiger partial charge in [0.25, 0.3) is 11.1 Å². The fourth-order valence-corrected chi connectivity index (χ4v) is 3.75. The topological polar surface area (TPSA) is 50.5 Å². The fourth-order valence-electron chi connectivity index (χ4n) is 2.09. The second kappa shape index (κ2) is 6.68. The summed E-state index contributed by atoms with van der Waals surface area (Å²) in [5.74, 6) is 0.313. The van der Waals surface area contributed by atoms with E-state index in [-0.39, 0.29) is 11.1 Å². The van der Waals surface area contributed by atoms with Crippen LogP contribution in [0, 0.1) is 6.92 Å². The lowest BCUT2D eigenvalue weighted by Gasteiger charge is -2.06. The molecule has 6 heteroatoms. The standard InChI is InChI=1S/C17H15NO3S2/c1-3-18-16(19)14(23-17(18)20)10-12-6-9-15(21-12)22-13-7-4-11(2)5-8-13/h4-10H,3H2,1-2H3/b14-10+. The van der Waals surface area contributed by atoms with E-state index in [4.69, 9.17) is 4.42 Å². The highest BCUT2D eigenvalue weighted by Gasteiger charge is 2.33. The molecule has 3 rings (SSSR count). The Balaban J connectivity index is 1.75. The third kappa shape index (κ3) is 3.54.